The number of anilines is 1. The molecule has 0 saturated carbocycles. The van der Waals surface area contributed by atoms with Crippen molar-refractivity contribution >= 4 is 17.5 Å². The van der Waals surface area contributed by atoms with Gasteiger partial charge in [-0.25, -0.2) is 0 Å². The molecule has 0 radical (unpaired) electrons. The Balaban J connectivity index is 1.67. The van der Waals surface area contributed by atoms with Crippen molar-refractivity contribution in [2.75, 3.05) is 32.1 Å². The summed E-state index contributed by atoms with van der Waals surface area (Å²) < 4.78 is 0. The van der Waals surface area contributed by atoms with Crippen LogP contribution in [0.1, 0.15) is 30.4 Å². The summed E-state index contributed by atoms with van der Waals surface area (Å²) in [6.45, 7) is 1.49. The topological polar surface area (TPSA) is 52.7 Å². The normalized spacial score (nSPS) is 22.1. The second-order valence-corrected chi connectivity index (χ2v) is 8.25. The Kier molecular flexibility index (Phi) is 5.41. The standard InChI is InChI=1S/C24H29N3O2/c1-25-19-12-14-27(15-13-19)22(28)17-24(16-18-8-4-3-5-9-18)20-10-6-7-11-21(20)26(2)23(24)29/h3-11,19,25H,12-17H2,1-2H3/t24-/m0/s1. The quantitative estimate of drug-likeness (QED) is 0.853. The highest BCUT2D eigenvalue weighted by Crippen LogP contribution is 2.45. The third-order valence-corrected chi connectivity index (χ3v) is 6.55. The molecule has 0 unspecified atom stereocenters. The number of nitrogens with zero attached hydrogens (tertiary/aromatic N) is 2. The van der Waals surface area contributed by atoms with Gasteiger partial charge in [0.15, 0.2) is 0 Å². The van der Waals surface area contributed by atoms with Gasteiger partial charge in [-0.05, 0) is 43.5 Å². The highest BCUT2D eigenvalue weighted by Gasteiger charge is 2.51. The van der Waals surface area contributed by atoms with Gasteiger partial charge in [-0.15, -0.1) is 0 Å². The molecule has 0 spiro atoms. The maximum atomic E-state index is 13.6. The molecule has 0 bridgehead atoms. The summed E-state index contributed by atoms with van der Waals surface area (Å²) >= 11 is 0. The highest BCUT2D eigenvalue weighted by molar-refractivity contribution is 6.09. The van der Waals surface area contributed by atoms with E-state index in [-0.39, 0.29) is 18.2 Å². The van der Waals surface area contributed by atoms with Crippen LogP contribution in [0.25, 0.3) is 0 Å². The van der Waals surface area contributed by atoms with E-state index in [1.54, 1.807) is 4.90 Å². The van der Waals surface area contributed by atoms with Crippen LogP contribution in [-0.4, -0.2) is 49.9 Å². The molecule has 0 aliphatic carbocycles. The lowest BCUT2D eigenvalue weighted by Crippen LogP contribution is -2.48. The van der Waals surface area contributed by atoms with Crippen LogP contribution in [0, 0.1) is 0 Å². The second kappa shape index (κ2) is 7.99. The Morgan fingerprint density at radius 3 is 2.41 bits per heavy atom. The van der Waals surface area contributed by atoms with Crippen LogP contribution >= 0.6 is 0 Å². The van der Waals surface area contributed by atoms with E-state index >= 15 is 0 Å². The second-order valence-electron chi connectivity index (χ2n) is 8.25. The lowest BCUT2D eigenvalue weighted by molar-refractivity contribution is -0.137. The number of fused-ring (bicyclic) bond motifs is 1. The molecular weight excluding hydrogens is 362 g/mol. The van der Waals surface area contributed by atoms with Crippen LogP contribution in [0.2, 0.25) is 0 Å². The molecule has 0 aromatic heterocycles. The number of amides is 2. The number of likely N-dealkylation sites (N-methyl/N-ethyl adjacent to an activating group) is 1. The lowest BCUT2D eigenvalue weighted by atomic mass is 9.73. The molecule has 2 aliphatic rings. The molecule has 2 aromatic carbocycles. The molecule has 5 heteroatoms. The van der Waals surface area contributed by atoms with E-state index in [4.69, 9.17) is 0 Å². The Hall–Kier alpha value is -2.66. The molecule has 1 fully saturated rings. The zero-order valence-electron chi connectivity index (χ0n) is 17.2. The zero-order chi connectivity index (χ0) is 20.4. The summed E-state index contributed by atoms with van der Waals surface area (Å²) in [5, 5.41) is 3.30. The summed E-state index contributed by atoms with van der Waals surface area (Å²) in [5.74, 6) is 0.0925. The first-order valence-corrected chi connectivity index (χ1v) is 10.4. The summed E-state index contributed by atoms with van der Waals surface area (Å²) in [6, 6.07) is 18.4. The van der Waals surface area contributed by atoms with E-state index < -0.39 is 5.41 Å². The van der Waals surface area contributed by atoms with E-state index in [0.717, 1.165) is 42.7 Å². The van der Waals surface area contributed by atoms with Crippen LogP contribution < -0.4 is 10.2 Å². The summed E-state index contributed by atoms with van der Waals surface area (Å²) in [7, 11) is 3.79. The van der Waals surface area contributed by atoms with Crippen molar-refractivity contribution in [1.29, 1.82) is 0 Å². The zero-order valence-corrected chi connectivity index (χ0v) is 17.2. The van der Waals surface area contributed by atoms with Crippen molar-refractivity contribution in [3.8, 4) is 0 Å². The average Bonchev–Trinajstić information content (AvgIpc) is 2.97. The number of piperidine rings is 1. The molecule has 1 N–H and O–H groups in total. The molecule has 29 heavy (non-hydrogen) atoms. The minimum absolute atomic E-state index is 0.0148. The van der Waals surface area contributed by atoms with E-state index in [0.29, 0.717) is 12.5 Å². The first-order chi connectivity index (χ1) is 14.0. The fourth-order valence-electron chi connectivity index (χ4n) is 4.85. The number of hydrogen-bond acceptors (Lipinski definition) is 3. The van der Waals surface area contributed by atoms with E-state index in [2.05, 4.69) is 5.32 Å². The molecule has 152 valence electrons. The third-order valence-electron chi connectivity index (χ3n) is 6.55. The van der Waals surface area contributed by atoms with Crippen molar-refractivity contribution in [3.05, 3.63) is 65.7 Å². The highest BCUT2D eigenvalue weighted by atomic mass is 16.2. The Bertz CT molecular complexity index is 890. The van der Waals surface area contributed by atoms with Crippen molar-refractivity contribution in [2.24, 2.45) is 0 Å². The van der Waals surface area contributed by atoms with Crippen molar-refractivity contribution in [3.63, 3.8) is 0 Å². The minimum atomic E-state index is -0.844. The maximum Gasteiger partial charge on any atom is 0.238 e. The molecule has 2 aromatic rings. The van der Waals surface area contributed by atoms with Crippen molar-refractivity contribution < 1.29 is 9.59 Å². The molecule has 5 nitrogen and oxygen atoms in total. The number of nitrogens with one attached hydrogen (secondary N) is 1. The van der Waals surface area contributed by atoms with Gasteiger partial charge in [0.1, 0.15) is 0 Å². The number of carbonyl (C=O) groups is 2. The number of carbonyl (C=O) groups excluding carboxylic acids is 2. The van der Waals surface area contributed by atoms with E-state index in [1.165, 1.54) is 0 Å². The van der Waals surface area contributed by atoms with E-state index in [9.17, 15) is 9.59 Å². The fourth-order valence-corrected chi connectivity index (χ4v) is 4.85. The smallest absolute Gasteiger partial charge is 0.238 e. The number of para-hydroxylation sites is 1. The fraction of sp³-hybridized carbons (Fsp3) is 0.417. The van der Waals surface area contributed by atoms with Gasteiger partial charge in [0, 0.05) is 38.3 Å². The van der Waals surface area contributed by atoms with Gasteiger partial charge in [-0.3, -0.25) is 9.59 Å². The van der Waals surface area contributed by atoms with Gasteiger partial charge < -0.3 is 15.1 Å². The number of rotatable bonds is 5. The molecule has 2 heterocycles. The first-order valence-electron chi connectivity index (χ1n) is 10.4. The van der Waals surface area contributed by atoms with Gasteiger partial charge in [0.25, 0.3) is 0 Å². The lowest BCUT2D eigenvalue weighted by Gasteiger charge is -2.35. The summed E-state index contributed by atoms with van der Waals surface area (Å²) in [5.41, 5.74) is 2.11. The molecule has 1 saturated heterocycles. The van der Waals surface area contributed by atoms with Crippen LogP contribution in [0.3, 0.4) is 0 Å². The SMILES string of the molecule is CNC1CCN(C(=O)C[C@]2(Cc3ccccc3)C(=O)N(C)c3ccccc32)CC1. The average molecular weight is 392 g/mol. The third kappa shape index (κ3) is 3.55. The molecule has 4 rings (SSSR count). The van der Waals surface area contributed by atoms with Gasteiger partial charge in [0.2, 0.25) is 11.8 Å². The summed E-state index contributed by atoms with van der Waals surface area (Å²) in [6.07, 6.45) is 2.66. The molecule has 2 amide bonds. The first kappa shape index (κ1) is 19.6. The predicted molar refractivity (Wildman–Crippen MR) is 115 cm³/mol. The Morgan fingerprint density at radius 2 is 1.72 bits per heavy atom. The molecule has 2 aliphatic heterocycles. The van der Waals surface area contributed by atoms with Crippen LogP contribution in [0.4, 0.5) is 5.69 Å². The predicted octanol–water partition coefficient (Wildman–Crippen LogP) is 2.74. The summed E-state index contributed by atoms with van der Waals surface area (Å²) in [4.78, 5) is 30.6. The van der Waals surface area contributed by atoms with Gasteiger partial charge in [-0.2, -0.15) is 0 Å². The van der Waals surface area contributed by atoms with Crippen LogP contribution in [0.15, 0.2) is 54.6 Å². The van der Waals surface area contributed by atoms with Gasteiger partial charge in [-0.1, -0.05) is 48.5 Å². The van der Waals surface area contributed by atoms with Gasteiger partial charge in [0.05, 0.1) is 5.41 Å². The number of likely N-dealkylation sites (tertiary alicyclic amines) is 1. The number of hydrogen-bond donors (Lipinski definition) is 1. The molecule has 1 atom stereocenters. The van der Waals surface area contributed by atoms with Crippen molar-refractivity contribution in [2.45, 2.75) is 37.1 Å². The largest absolute Gasteiger partial charge is 0.343 e. The van der Waals surface area contributed by atoms with Crippen LogP contribution in [0.5, 0.6) is 0 Å². The van der Waals surface area contributed by atoms with E-state index in [1.807, 2.05) is 73.6 Å². The monoisotopic (exact) mass is 391 g/mol. The minimum Gasteiger partial charge on any atom is -0.343 e. The van der Waals surface area contributed by atoms with Crippen molar-refractivity contribution in [1.82, 2.24) is 10.2 Å². The van der Waals surface area contributed by atoms with Crippen LogP contribution in [-0.2, 0) is 21.4 Å². The number of benzene rings is 2. The van der Waals surface area contributed by atoms with Gasteiger partial charge >= 0.3 is 0 Å². The maximum absolute atomic E-state index is 13.6. The Labute approximate surface area is 172 Å². The Morgan fingerprint density at radius 1 is 1.07 bits per heavy atom. The molecular formula is C24H29N3O2.